The van der Waals surface area contributed by atoms with Crippen LogP contribution in [-0.2, 0) is 22.4 Å². The largest absolute Gasteiger partial charge is 0.399 e. The van der Waals surface area contributed by atoms with Crippen LogP contribution in [0.1, 0.15) is 12.0 Å². The third kappa shape index (κ3) is 5.54. The van der Waals surface area contributed by atoms with Gasteiger partial charge in [0.15, 0.2) is 5.79 Å². The van der Waals surface area contributed by atoms with Gasteiger partial charge >= 0.3 is 0 Å². The number of nitrogens with two attached hydrogens (primary N) is 1. The van der Waals surface area contributed by atoms with Crippen LogP contribution in [0.2, 0.25) is 5.02 Å². The summed E-state index contributed by atoms with van der Waals surface area (Å²) < 4.78 is 14.7. The monoisotopic (exact) mass is 429 g/mol. The number of anilines is 1. The Labute approximate surface area is 180 Å². The van der Waals surface area contributed by atoms with Crippen LogP contribution in [0.25, 0.3) is 0 Å². The van der Waals surface area contributed by atoms with E-state index in [2.05, 4.69) is 17.1 Å². The van der Waals surface area contributed by atoms with Crippen LogP contribution in [0.4, 0.5) is 5.69 Å². The first-order chi connectivity index (χ1) is 14.1. The van der Waals surface area contributed by atoms with Gasteiger partial charge in [-0.15, -0.1) is 11.8 Å². The number of hydrogen-bond acceptors (Lipinski definition) is 5. The quantitative estimate of drug-likeness (QED) is 0.417. The van der Waals surface area contributed by atoms with Gasteiger partial charge in [0.25, 0.3) is 0 Å². The summed E-state index contributed by atoms with van der Waals surface area (Å²) in [5.74, 6) is 0.170. The summed E-state index contributed by atoms with van der Waals surface area (Å²) in [4.78, 5) is 5.33. The SMILES string of the molecule is Nc1ccc(SCC2COC(CCc3ccc(Cl)cc3)(Cn3ccnc3)O2)cc1. The maximum absolute atomic E-state index is 6.47. The zero-order valence-corrected chi connectivity index (χ0v) is 17.6. The van der Waals surface area contributed by atoms with E-state index in [1.165, 1.54) is 10.5 Å². The predicted molar refractivity (Wildman–Crippen MR) is 117 cm³/mol. The van der Waals surface area contributed by atoms with Gasteiger partial charge in [0.1, 0.15) is 0 Å². The Kier molecular flexibility index (Phi) is 6.45. The van der Waals surface area contributed by atoms with E-state index < -0.39 is 5.79 Å². The zero-order chi connectivity index (χ0) is 20.1. The summed E-state index contributed by atoms with van der Waals surface area (Å²) >= 11 is 7.76. The van der Waals surface area contributed by atoms with Gasteiger partial charge in [-0.2, -0.15) is 0 Å². The van der Waals surface area contributed by atoms with Gasteiger partial charge in [0, 0.05) is 40.2 Å². The summed E-state index contributed by atoms with van der Waals surface area (Å²) in [5.41, 5.74) is 7.75. The standard InChI is InChI=1S/C22H24ClN3O2S/c23-18-3-1-17(2-4-18)9-10-22(15-26-12-11-25-16-26)27-13-20(28-22)14-29-21-7-5-19(24)6-8-21/h1-8,11-12,16,20H,9-10,13-15,24H2. The molecule has 0 aliphatic carbocycles. The summed E-state index contributed by atoms with van der Waals surface area (Å²) in [6.45, 7) is 1.20. The highest BCUT2D eigenvalue weighted by Crippen LogP contribution is 2.33. The number of benzene rings is 2. The predicted octanol–water partition coefficient (Wildman–Crippen LogP) is 4.66. The highest BCUT2D eigenvalue weighted by Gasteiger charge is 2.41. The molecular formula is C22H24ClN3O2S. The van der Waals surface area contributed by atoms with Crippen molar-refractivity contribution >= 4 is 29.1 Å². The van der Waals surface area contributed by atoms with Crippen molar-refractivity contribution in [3.63, 3.8) is 0 Å². The topological polar surface area (TPSA) is 62.3 Å². The lowest BCUT2D eigenvalue weighted by molar-refractivity contribution is -0.180. The van der Waals surface area contributed by atoms with Gasteiger partial charge < -0.3 is 19.8 Å². The summed E-state index contributed by atoms with van der Waals surface area (Å²) in [6, 6.07) is 15.9. The fourth-order valence-corrected chi connectivity index (χ4v) is 4.39. The minimum absolute atomic E-state index is 0.0336. The average Bonchev–Trinajstić information content (AvgIpc) is 3.38. The molecule has 152 valence electrons. The van der Waals surface area contributed by atoms with Crippen LogP contribution >= 0.6 is 23.4 Å². The molecule has 0 amide bonds. The first-order valence-electron chi connectivity index (χ1n) is 9.61. The molecule has 1 aromatic heterocycles. The van der Waals surface area contributed by atoms with E-state index in [4.69, 9.17) is 26.8 Å². The van der Waals surface area contributed by atoms with Crippen LogP contribution in [0, 0.1) is 0 Å². The van der Waals surface area contributed by atoms with Crippen molar-refractivity contribution in [2.45, 2.75) is 36.2 Å². The molecule has 5 nitrogen and oxygen atoms in total. The van der Waals surface area contributed by atoms with Crippen LogP contribution in [0.3, 0.4) is 0 Å². The van der Waals surface area contributed by atoms with E-state index in [-0.39, 0.29) is 6.10 Å². The van der Waals surface area contributed by atoms with Crippen molar-refractivity contribution in [1.29, 1.82) is 0 Å². The fourth-order valence-electron chi connectivity index (χ4n) is 3.39. The molecule has 0 bridgehead atoms. The van der Waals surface area contributed by atoms with E-state index in [9.17, 15) is 0 Å². The summed E-state index contributed by atoms with van der Waals surface area (Å²) in [6.07, 6.45) is 7.15. The van der Waals surface area contributed by atoms with Crippen LogP contribution in [-0.4, -0.2) is 33.8 Å². The number of rotatable bonds is 8. The highest BCUT2D eigenvalue weighted by atomic mass is 35.5. The van der Waals surface area contributed by atoms with Crippen molar-refractivity contribution in [3.05, 3.63) is 77.8 Å². The molecule has 2 N–H and O–H groups in total. The Hall–Kier alpha value is -1.99. The van der Waals surface area contributed by atoms with Gasteiger partial charge in [-0.1, -0.05) is 23.7 Å². The molecule has 1 saturated heterocycles. The molecule has 1 aliphatic heterocycles. The molecule has 2 unspecified atom stereocenters. The van der Waals surface area contributed by atoms with E-state index in [0.29, 0.717) is 13.2 Å². The Balaban J connectivity index is 1.40. The number of imidazole rings is 1. The molecule has 1 fully saturated rings. The lowest BCUT2D eigenvalue weighted by atomic mass is 10.0. The van der Waals surface area contributed by atoms with E-state index in [0.717, 1.165) is 29.3 Å². The molecule has 0 saturated carbocycles. The molecular weight excluding hydrogens is 406 g/mol. The molecule has 2 aromatic carbocycles. The van der Waals surface area contributed by atoms with Crippen LogP contribution in [0.15, 0.2) is 72.1 Å². The Morgan fingerprint density at radius 3 is 2.69 bits per heavy atom. The number of ether oxygens (including phenoxy) is 2. The number of hydrogen-bond donors (Lipinski definition) is 1. The zero-order valence-electron chi connectivity index (χ0n) is 16.0. The van der Waals surface area contributed by atoms with Crippen molar-refractivity contribution in [2.24, 2.45) is 0 Å². The first-order valence-corrected chi connectivity index (χ1v) is 11.0. The number of halogens is 1. The maximum Gasteiger partial charge on any atom is 0.187 e. The smallest absolute Gasteiger partial charge is 0.187 e. The van der Waals surface area contributed by atoms with Gasteiger partial charge in [-0.25, -0.2) is 4.98 Å². The van der Waals surface area contributed by atoms with Crippen LogP contribution < -0.4 is 5.73 Å². The number of nitrogens with zero attached hydrogens (tertiary/aromatic N) is 2. The minimum Gasteiger partial charge on any atom is -0.399 e. The molecule has 3 aromatic rings. The fraction of sp³-hybridized carbons (Fsp3) is 0.318. The number of nitrogen functional groups attached to an aromatic ring is 1. The molecule has 4 rings (SSSR count). The maximum atomic E-state index is 6.47. The number of thioether (sulfide) groups is 1. The molecule has 7 heteroatoms. The highest BCUT2D eigenvalue weighted by molar-refractivity contribution is 7.99. The summed E-state index contributed by atoms with van der Waals surface area (Å²) in [5, 5.41) is 0.745. The normalized spacial score (nSPS) is 21.5. The lowest BCUT2D eigenvalue weighted by Crippen LogP contribution is -2.37. The van der Waals surface area contributed by atoms with E-state index in [1.54, 1.807) is 24.3 Å². The minimum atomic E-state index is -0.660. The number of aryl methyl sites for hydroxylation is 1. The van der Waals surface area contributed by atoms with E-state index in [1.807, 2.05) is 47.2 Å². The molecule has 29 heavy (non-hydrogen) atoms. The van der Waals surface area contributed by atoms with Gasteiger partial charge in [-0.05, 0) is 48.4 Å². The van der Waals surface area contributed by atoms with Crippen molar-refractivity contribution in [2.75, 3.05) is 18.1 Å². The molecule has 2 heterocycles. The Morgan fingerprint density at radius 1 is 1.17 bits per heavy atom. The Morgan fingerprint density at radius 2 is 1.97 bits per heavy atom. The average molecular weight is 430 g/mol. The van der Waals surface area contributed by atoms with Gasteiger partial charge in [0.2, 0.25) is 0 Å². The van der Waals surface area contributed by atoms with E-state index >= 15 is 0 Å². The van der Waals surface area contributed by atoms with Crippen molar-refractivity contribution < 1.29 is 9.47 Å². The third-order valence-corrected chi connectivity index (χ3v) is 6.32. The molecule has 2 atom stereocenters. The van der Waals surface area contributed by atoms with Crippen molar-refractivity contribution in [1.82, 2.24) is 9.55 Å². The molecule has 1 aliphatic rings. The van der Waals surface area contributed by atoms with Crippen LogP contribution in [0.5, 0.6) is 0 Å². The lowest BCUT2D eigenvalue weighted by Gasteiger charge is -2.28. The second-order valence-corrected chi connectivity index (χ2v) is 8.73. The first kappa shape index (κ1) is 20.3. The van der Waals surface area contributed by atoms with Gasteiger partial charge in [0.05, 0.1) is 25.6 Å². The molecule has 0 radical (unpaired) electrons. The second-order valence-electron chi connectivity index (χ2n) is 7.20. The number of aromatic nitrogens is 2. The van der Waals surface area contributed by atoms with Crippen molar-refractivity contribution in [3.8, 4) is 0 Å². The molecule has 0 spiro atoms. The second kappa shape index (κ2) is 9.22. The summed E-state index contributed by atoms with van der Waals surface area (Å²) in [7, 11) is 0. The third-order valence-electron chi connectivity index (χ3n) is 4.92. The Bertz CT molecular complexity index is 903. The van der Waals surface area contributed by atoms with Gasteiger partial charge in [-0.3, -0.25) is 0 Å².